The Kier molecular flexibility index (Phi) is 5.47. The molecule has 0 aliphatic carbocycles. The number of anilines is 3. The number of benzene rings is 1. The van der Waals surface area contributed by atoms with E-state index in [2.05, 4.69) is 24.0 Å². The molecular formula is C25H28N6O3. The van der Waals surface area contributed by atoms with Crippen LogP contribution in [0.5, 0.6) is 5.75 Å². The molecule has 2 aliphatic rings. The first kappa shape index (κ1) is 21.9. The molecule has 3 amide bonds. The number of aromatic nitrogens is 3. The number of fused-ring (bicyclic) bond motifs is 1. The van der Waals surface area contributed by atoms with Crippen molar-refractivity contribution in [3.63, 3.8) is 0 Å². The van der Waals surface area contributed by atoms with E-state index < -0.39 is 0 Å². The Morgan fingerprint density at radius 3 is 2.59 bits per heavy atom. The first-order chi connectivity index (χ1) is 16.4. The fourth-order valence-corrected chi connectivity index (χ4v) is 4.72. The van der Waals surface area contributed by atoms with E-state index in [0.29, 0.717) is 25.5 Å². The zero-order chi connectivity index (χ0) is 24.0. The van der Waals surface area contributed by atoms with Crippen LogP contribution >= 0.6 is 0 Å². The SMILES string of the molecule is CCOc1ccc(N2CCc3c(-n4ccc(N5CCN(C(C)=O)C5=O)n4)cc(C)nc32)c(C)c1. The number of hydrogen-bond donors (Lipinski definition) is 0. The van der Waals surface area contributed by atoms with Crippen LogP contribution in [-0.2, 0) is 11.2 Å². The van der Waals surface area contributed by atoms with Crippen molar-refractivity contribution in [2.45, 2.75) is 34.1 Å². The lowest BCUT2D eigenvalue weighted by Gasteiger charge is -2.22. The predicted octanol–water partition coefficient (Wildman–Crippen LogP) is 3.77. The Hall–Kier alpha value is -3.88. The van der Waals surface area contributed by atoms with Crippen LogP contribution in [0.3, 0.4) is 0 Å². The van der Waals surface area contributed by atoms with Crippen molar-refractivity contribution in [2.75, 3.05) is 36.0 Å². The van der Waals surface area contributed by atoms with Crippen molar-refractivity contribution >= 4 is 29.3 Å². The molecular weight excluding hydrogens is 432 g/mol. The molecule has 0 unspecified atom stereocenters. The van der Waals surface area contributed by atoms with Gasteiger partial charge in [-0.3, -0.25) is 14.6 Å². The molecule has 0 N–H and O–H groups in total. The van der Waals surface area contributed by atoms with Crippen LogP contribution < -0.4 is 14.5 Å². The molecule has 5 rings (SSSR count). The molecule has 0 atom stereocenters. The molecule has 0 spiro atoms. The maximum Gasteiger partial charge on any atom is 0.332 e. The van der Waals surface area contributed by atoms with Gasteiger partial charge in [-0.1, -0.05) is 0 Å². The molecule has 3 aromatic rings. The van der Waals surface area contributed by atoms with E-state index in [9.17, 15) is 9.59 Å². The van der Waals surface area contributed by atoms with Crippen LogP contribution in [0.25, 0.3) is 5.69 Å². The average Bonchev–Trinajstić information content (AvgIpc) is 3.52. The quantitative estimate of drug-likeness (QED) is 0.576. The van der Waals surface area contributed by atoms with E-state index in [1.807, 2.05) is 38.2 Å². The summed E-state index contributed by atoms with van der Waals surface area (Å²) in [6, 6.07) is 9.66. The van der Waals surface area contributed by atoms with E-state index in [0.717, 1.165) is 52.7 Å². The molecule has 0 bridgehead atoms. The lowest BCUT2D eigenvalue weighted by molar-refractivity contribution is -0.125. The zero-order valence-electron chi connectivity index (χ0n) is 19.9. The second-order valence-electron chi connectivity index (χ2n) is 8.59. The van der Waals surface area contributed by atoms with Crippen LogP contribution in [0.2, 0.25) is 0 Å². The molecule has 34 heavy (non-hydrogen) atoms. The van der Waals surface area contributed by atoms with Crippen molar-refractivity contribution in [3.05, 3.63) is 53.3 Å². The highest BCUT2D eigenvalue weighted by atomic mass is 16.5. The number of ether oxygens (including phenoxy) is 1. The number of carbonyl (C=O) groups excluding carboxylic acids is 2. The number of carbonyl (C=O) groups is 2. The summed E-state index contributed by atoms with van der Waals surface area (Å²) < 4.78 is 7.45. The first-order valence-electron chi connectivity index (χ1n) is 11.5. The van der Waals surface area contributed by atoms with Gasteiger partial charge in [0.05, 0.1) is 12.3 Å². The van der Waals surface area contributed by atoms with Gasteiger partial charge in [-0.15, -0.1) is 5.10 Å². The minimum Gasteiger partial charge on any atom is -0.494 e. The topological polar surface area (TPSA) is 83.8 Å². The number of pyridine rings is 1. The maximum absolute atomic E-state index is 12.6. The molecule has 2 aromatic heterocycles. The Morgan fingerprint density at radius 1 is 1.06 bits per heavy atom. The van der Waals surface area contributed by atoms with Crippen LogP contribution in [-0.4, -0.2) is 57.8 Å². The third kappa shape index (κ3) is 3.67. The standard InChI is InChI=1S/C25H28N6O3/c1-5-34-19-6-7-21(16(2)14-19)29-10-8-20-22(15-17(3)26-24(20)29)31-11-9-23(27-31)30-13-12-28(18(4)32)25(30)33/h6-7,9,11,14-15H,5,8,10,12-13H2,1-4H3. The number of urea groups is 1. The van der Waals surface area contributed by atoms with Gasteiger partial charge in [-0.2, -0.15) is 0 Å². The third-order valence-electron chi connectivity index (χ3n) is 6.31. The predicted molar refractivity (Wildman–Crippen MR) is 129 cm³/mol. The highest BCUT2D eigenvalue weighted by Gasteiger charge is 2.34. The summed E-state index contributed by atoms with van der Waals surface area (Å²) in [6.07, 6.45) is 2.69. The largest absolute Gasteiger partial charge is 0.494 e. The summed E-state index contributed by atoms with van der Waals surface area (Å²) in [5.74, 6) is 2.08. The van der Waals surface area contributed by atoms with E-state index >= 15 is 0 Å². The van der Waals surface area contributed by atoms with Crippen LogP contribution in [0, 0.1) is 13.8 Å². The van der Waals surface area contributed by atoms with E-state index in [4.69, 9.17) is 14.8 Å². The van der Waals surface area contributed by atoms with Gasteiger partial charge in [0.25, 0.3) is 0 Å². The number of amides is 3. The second-order valence-corrected chi connectivity index (χ2v) is 8.59. The van der Waals surface area contributed by atoms with Crippen molar-refractivity contribution < 1.29 is 14.3 Å². The van der Waals surface area contributed by atoms with E-state index in [-0.39, 0.29) is 11.9 Å². The summed E-state index contributed by atoms with van der Waals surface area (Å²) in [4.78, 5) is 34.2. The summed E-state index contributed by atoms with van der Waals surface area (Å²) >= 11 is 0. The lowest BCUT2D eigenvalue weighted by atomic mass is 10.1. The molecule has 0 saturated carbocycles. The van der Waals surface area contributed by atoms with E-state index in [1.54, 1.807) is 9.58 Å². The third-order valence-corrected chi connectivity index (χ3v) is 6.31. The fourth-order valence-electron chi connectivity index (χ4n) is 4.72. The highest BCUT2D eigenvalue weighted by Crippen LogP contribution is 2.39. The van der Waals surface area contributed by atoms with Crippen molar-refractivity contribution in [1.29, 1.82) is 0 Å². The summed E-state index contributed by atoms with van der Waals surface area (Å²) in [5.41, 5.74) is 5.20. The smallest absolute Gasteiger partial charge is 0.332 e. The van der Waals surface area contributed by atoms with E-state index in [1.165, 1.54) is 11.8 Å². The normalized spacial score (nSPS) is 15.3. The Balaban J connectivity index is 1.48. The Bertz CT molecular complexity index is 1280. The van der Waals surface area contributed by atoms with Crippen molar-refractivity contribution in [1.82, 2.24) is 19.7 Å². The minimum absolute atomic E-state index is 0.251. The molecule has 176 valence electrons. The molecule has 1 saturated heterocycles. The van der Waals surface area contributed by atoms with Gasteiger partial charge in [0.15, 0.2) is 5.82 Å². The maximum atomic E-state index is 12.6. The van der Waals surface area contributed by atoms with Crippen LogP contribution in [0.4, 0.5) is 22.1 Å². The van der Waals surface area contributed by atoms with Crippen LogP contribution in [0.15, 0.2) is 36.5 Å². The highest BCUT2D eigenvalue weighted by molar-refractivity contribution is 6.03. The number of nitrogens with zero attached hydrogens (tertiary/aromatic N) is 6. The molecule has 2 aliphatic heterocycles. The summed E-state index contributed by atoms with van der Waals surface area (Å²) in [7, 11) is 0. The lowest BCUT2D eigenvalue weighted by Crippen LogP contribution is -2.35. The summed E-state index contributed by atoms with van der Waals surface area (Å²) in [6.45, 7) is 9.72. The molecule has 0 radical (unpaired) electrons. The average molecular weight is 461 g/mol. The number of rotatable bonds is 5. The van der Waals surface area contributed by atoms with Gasteiger partial charge < -0.3 is 9.64 Å². The van der Waals surface area contributed by atoms with Gasteiger partial charge >= 0.3 is 6.03 Å². The molecule has 4 heterocycles. The van der Waals surface area contributed by atoms with Crippen molar-refractivity contribution in [2.24, 2.45) is 0 Å². The molecule has 1 aromatic carbocycles. The number of hydrogen-bond acceptors (Lipinski definition) is 6. The number of aryl methyl sites for hydroxylation is 2. The monoisotopic (exact) mass is 460 g/mol. The second kappa shape index (κ2) is 8.48. The van der Waals surface area contributed by atoms with Gasteiger partial charge in [0, 0.05) is 55.8 Å². The fraction of sp³-hybridized carbons (Fsp3) is 0.360. The zero-order valence-corrected chi connectivity index (χ0v) is 19.9. The Morgan fingerprint density at radius 2 is 1.88 bits per heavy atom. The van der Waals surface area contributed by atoms with Gasteiger partial charge in [-0.05, 0) is 57.0 Å². The molecule has 1 fully saturated rings. The summed E-state index contributed by atoms with van der Waals surface area (Å²) in [5, 5.41) is 4.69. The molecule has 9 heteroatoms. The first-order valence-corrected chi connectivity index (χ1v) is 11.5. The van der Waals surface area contributed by atoms with Gasteiger partial charge in [-0.25, -0.2) is 14.5 Å². The Labute approximate surface area is 198 Å². The van der Waals surface area contributed by atoms with Gasteiger partial charge in [0.2, 0.25) is 5.91 Å². The minimum atomic E-state index is -0.328. The van der Waals surface area contributed by atoms with Crippen molar-refractivity contribution in [3.8, 4) is 11.4 Å². The van der Waals surface area contributed by atoms with Crippen LogP contribution in [0.1, 0.15) is 30.7 Å². The van der Waals surface area contributed by atoms with Gasteiger partial charge in [0.1, 0.15) is 11.6 Å². The molecule has 9 nitrogen and oxygen atoms in total. The number of imide groups is 1.